The van der Waals surface area contributed by atoms with Crippen molar-refractivity contribution in [1.82, 2.24) is 4.57 Å². The first-order valence-corrected chi connectivity index (χ1v) is 19.8. The van der Waals surface area contributed by atoms with Crippen LogP contribution >= 0.6 is 0 Å². The summed E-state index contributed by atoms with van der Waals surface area (Å²) in [7, 11) is 0. The number of aromatic nitrogens is 1. The molecule has 1 atom stereocenters. The Balaban J connectivity index is 1.15. The average molecular weight is 719 g/mol. The van der Waals surface area contributed by atoms with Gasteiger partial charge in [-0.15, -0.1) is 0 Å². The standard InChI is InChI=1S/C54H42N2/c1-5-17-38(18-6-1)42-25-15-26-46(34-42)55-52-32-31-43(37-51(52)41-23-11-4-12-24-41)48-28-16-29-50-49-27-13-14-30-53(49)56(54(48)50)47-35-44(39-19-7-2-8-20-39)33-45(36-47)40-21-9-3-10-22-40/h1-14,16-24,26-33,35-37,42,55H,15,25,34H2. The van der Waals surface area contributed by atoms with E-state index in [1.165, 1.54) is 84.0 Å². The van der Waals surface area contributed by atoms with Crippen LogP contribution in [0.2, 0.25) is 0 Å². The van der Waals surface area contributed by atoms with Crippen molar-refractivity contribution in [2.45, 2.75) is 25.2 Å². The molecule has 1 aliphatic rings. The molecule has 1 N–H and O–H groups in total. The van der Waals surface area contributed by atoms with Gasteiger partial charge in [-0.05, 0) is 101 Å². The number of hydrogen-bond acceptors (Lipinski definition) is 1. The van der Waals surface area contributed by atoms with E-state index < -0.39 is 0 Å². The third-order valence-corrected chi connectivity index (χ3v) is 11.4. The Morgan fingerprint density at radius 2 is 1.05 bits per heavy atom. The van der Waals surface area contributed by atoms with Crippen LogP contribution in [-0.4, -0.2) is 4.57 Å². The van der Waals surface area contributed by atoms with Gasteiger partial charge in [0, 0.05) is 39.0 Å². The fourth-order valence-electron chi connectivity index (χ4n) is 8.73. The van der Waals surface area contributed by atoms with Crippen LogP contribution < -0.4 is 5.32 Å². The molecule has 1 aliphatic carbocycles. The molecular weight excluding hydrogens is 677 g/mol. The zero-order chi connectivity index (χ0) is 37.3. The number of para-hydroxylation sites is 2. The molecule has 56 heavy (non-hydrogen) atoms. The molecule has 2 heteroatoms. The highest BCUT2D eigenvalue weighted by molar-refractivity contribution is 6.14. The van der Waals surface area contributed by atoms with Gasteiger partial charge in [0.1, 0.15) is 0 Å². The van der Waals surface area contributed by atoms with Gasteiger partial charge in [0.2, 0.25) is 0 Å². The summed E-state index contributed by atoms with van der Waals surface area (Å²) in [6.07, 6.45) is 5.66. The summed E-state index contributed by atoms with van der Waals surface area (Å²) < 4.78 is 2.49. The van der Waals surface area contributed by atoms with E-state index in [-0.39, 0.29) is 0 Å². The molecule has 10 rings (SSSR count). The van der Waals surface area contributed by atoms with Crippen molar-refractivity contribution in [3.05, 3.63) is 218 Å². The molecule has 8 aromatic carbocycles. The molecule has 0 amide bonds. The minimum atomic E-state index is 0.519. The van der Waals surface area contributed by atoms with E-state index in [1.54, 1.807) is 0 Å². The largest absolute Gasteiger partial charge is 0.359 e. The topological polar surface area (TPSA) is 17.0 Å². The van der Waals surface area contributed by atoms with E-state index in [1.807, 2.05) is 0 Å². The highest BCUT2D eigenvalue weighted by Crippen LogP contribution is 2.43. The summed E-state index contributed by atoms with van der Waals surface area (Å²) in [5, 5.41) is 6.41. The zero-order valence-corrected chi connectivity index (χ0v) is 31.3. The third kappa shape index (κ3) is 6.40. The van der Waals surface area contributed by atoms with E-state index in [0.29, 0.717) is 5.92 Å². The Kier molecular flexibility index (Phi) is 8.85. The highest BCUT2D eigenvalue weighted by atomic mass is 15.0. The lowest BCUT2D eigenvalue weighted by Gasteiger charge is -2.25. The second-order valence-electron chi connectivity index (χ2n) is 14.9. The first kappa shape index (κ1) is 33.7. The average Bonchev–Trinajstić information content (AvgIpc) is 3.62. The van der Waals surface area contributed by atoms with Gasteiger partial charge < -0.3 is 9.88 Å². The van der Waals surface area contributed by atoms with E-state index in [0.717, 1.165) is 24.2 Å². The monoisotopic (exact) mass is 718 g/mol. The Hall–Kier alpha value is -6.90. The number of anilines is 1. The van der Waals surface area contributed by atoms with Gasteiger partial charge in [-0.3, -0.25) is 0 Å². The van der Waals surface area contributed by atoms with Crippen molar-refractivity contribution in [2.24, 2.45) is 0 Å². The smallest absolute Gasteiger partial charge is 0.0619 e. The van der Waals surface area contributed by atoms with Crippen LogP contribution in [0.25, 0.3) is 72.0 Å². The van der Waals surface area contributed by atoms with Gasteiger partial charge in [-0.1, -0.05) is 170 Å². The molecule has 1 heterocycles. The molecule has 0 spiro atoms. The van der Waals surface area contributed by atoms with Crippen LogP contribution in [0.1, 0.15) is 30.7 Å². The summed E-state index contributed by atoms with van der Waals surface area (Å²) in [5.41, 5.74) is 17.0. The number of fused-ring (bicyclic) bond motifs is 3. The first-order chi connectivity index (χ1) is 27.8. The van der Waals surface area contributed by atoms with Crippen molar-refractivity contribution in [3.63, 3.8) is 0 Å². The molecule has 9 aromatic rings. The minimum absolute atomic E-state index is 0.519. The van der Waals surface area contributed by atoms with Crippen molar-refractivity contribution in [2.75, 3.05) is 5.32 Å². The van der Waals surface area contributed by atoms with E-state index in [4.69, 9.17) is 0 Å². The van der Waals surface area contributed by atoms with Crippen LogP contribution in [0.5, 0.6) is 0 Å². The van der Waals surface area contributed by atoms with Gasteiger partial charge in [-0.2, -0.15) is 0 Å². The maximum absolute atomic E-state index is 3.92. The molecule has 0 saturated carbocycles. The number of benzene rings is 8. The lowest BCUT2D eigenvalue weighted by atomic mass is 9.86. The van der Waals surface area contributed by atoms with E-state index in [9.17, 15) is 0 Å². The predicted octanol–water partition coefficient (Wildman–Crippen LogP) is 14.7. The van der Waals surface area contributed by atoms with Crippen LogP contribution in [0, 0.1) is 0 Å². The first-order valence-electron chi connectivity index (χ1n) is 19.8. The summed E-state index contributed by atoms with van der Waals surface area (Å²) in [5.74, 6) is 0.519. The van der Waals surface area contributed by atoms with Gasteiger partial charge in [-0.25, -0.2) is 0 Å². The molecule has 0 saturated heterocycles. The van der Waals surface area contributed by atoms with Crippen molar-refractivity contribution in [3.8, 4) is 50.2 Å². The fourth-order valence-corrected chi connectivity index (χ4v) is 8.73. The van der Waals surface area contributed by atoms with E-state index in [2.05, 4.69) is 216 Å². The summed E-state index contributed by atoms with van der Waals surface area (Å²) in [6, 6.07) is 73.0. The molecule has 2 nitrogen and oxygen atoms in total. The lowest BCUT2D eigenvalue weighted by molar-refractivity contribution is 0.598. The predicted molar refractivity (Wildman–Crippen MR) is 237 cm³/mol. The maximum atomic E-state index is 3.92. The van der Waals surface area contributed by atoms with Gasteiger partial charge >= 0.3 is 0 Å². The highest BCUT2D eigenvalue weighted by Gasteiger charge is 2.21. The molecule has 268 valence electrons. The number of rotatable bonds is 8. The van der Waals surface area contributed by atoms with Gasteiger partial charge in [0.05, 0.1) is 11.0 Å². The van der Waals surface area contributed by atoms with Gasteiger partial charge in [0.15, 0.2) is 0 Å². The molecule has 0 radical (unpaired) electrons. The van der Waals surface area contributed by atoms with Crippen molar-refractivity contribution < 1.29 is 0 Å². The van der Waals surface area contributed by atoms with Gasteiger partial charge in [0.25, 0.3) is 0 Å². The molecule has 0 aliphatic heterocycles. The third-order valence-electron chi connectivity index (χ3n) is 11.4. The van der Waals surface area contributed by atoms with Crippen molar-refractivity contribution >= 4 is 27.5 Å². The molecular formula is C54H42N2. The molecule has 1 unspecified atom stereocenters. The van der Waals surface area contributed by atoms with Crippen LogP contribution in [0.4, 0.5) is 5.69 Å². The fraction of sp³-hybridized carbons (Fsp3) is 0.0741. The SMILES string of the molecule is C1=C(Nc2ccc(-c3cccc4c5ccccc5n(-c5cc(-c6ccccc6)cc(-c6ccccc6)c5)c34)cc2-c2ccccc2)CC(c2ccccc2)CC1. The number of nitrogens with one attached hydrogen (secondary N) is 1. The Labute approximate surface area is 329 Å². The van der Waals surface area contributed by atoms with Crippen molar-refractivity contribution in [1.29, 1.82) is 0 Å². The number of hydrogen-bond donors (Lipinski definition) is 1. The molecule has 1 aromatic heterocycles. The lowest BCUT2D eigenvalue weighted by Crippen LogP contribution is -2.11. The minimum Gasteiger partial charge on any atom is -0.359 e. The maximum Gasteiger partial charge on any atom is 0.0619 e. The summed E-state index contributed by atoms with van der Waals surface area (Å²) in [6.45, 7) is 0. The van der Waals surface area contributed by atoms with Crippen LogP contribution in [0.15, 0.2) is 212 Å². The van der Waals surface area contributed by atoms with Crippen LogP contribution in [-0.2, 0) is 0 Å². The van der Waals surface area contributed by atoms with Crippen LogP contribution in [0.3, 0.4) is 0 Å². The molecule has 0 fully saturated rings. The second kappa shape index (κ2) is 14.7. The Morgan fingerprint density at radius 1 is 0.446 bits per heavy atom. The number of allylic oxidation sites excluding steroid dienone is 2. The Morgan fingerprint density at radius 3 is 1.75 bits per heavy atom. The quantitative estimate of drug-likeness (QED) is 0.166. The Bertz CT molecular complexity index is 2780. The number of nitrogens with zero attached hydrogens (tertiary/aromatic N) is 1. The van der Waals surface area contributed by atoms with E-state index >= 15 is 0 Å². The normalized spacial score (nSPS) is 14.1. The molecule has 0 bridgehead atoms. The second-order valence-corrected chi connectivity index (χ2v) is 14.9. The zero-order valence-electron chi connectivity index (χ0n) is 31.3. The summed E-state index contributed by atoms with van der Waals surface area (Å²) in [4.78, 5) is 0. The summed E-state index contributed by atoms with van der Waals surface area (Å²) >= 11 is 0.